The first kappa shape index (κ1) is 14.2. The average Bonchev–Trinajstić information content (AvgIpc) is 2.67. The predicted octanol–water partition coefficient (Wildman–Crippen LogP) is 3.32. The molecule has 2 heterocycles. The van der Waals surface area contributed by atoms with Gasteiger partial charge in [-0.05, 0) is 55.4 Å². The molecule has 0 spiro atoms. The van der Waals surface area contributed by atoms with Crippen molar-refractivity contribution in [3.63, 3.8) is 0 Å². The molecule has 5 heteroatoms. The van der Waals surface area contributed by atoms with Gasteiger partial charge in [-0.3, -0.25) is 4.98 Å². The van der Waals surface area contributed by atoms with Gasteiger partial charge in [0.25, 0.3) is 0 Å². The van der Waals surface area contributed by atoms with Gasteiger partial charge in [-0.25, -0.2) is 4.68 Å². The highest BCUT2D eigenvalue weighted by atomic mass is 79.9. The van der Waals surface area contributed by atoms with Crippen LogP contribution in [0.3, 0.4) is 0 Å². The van der Waals surface area contributed by atoms with E-state index in [-0.39, 0.29) is 6.04 Å². The summed E-state index contributed by atoms with van der Waals surface area (Å²) in [6.45, 7) is 9.18. The van der Waals surface area contributed by atoms with Gasteiger partial charge in [0.1, 0.15) is 0 Å². The van der Waals surface area contributed by atoms with Gasteiger partial charge < -0.3 is 5.32 Å². The maximum absolute atomic E-state index is 4.52. The lowest BCUT2D eigenvalue weighted by atomic mass is 10.2. The van der Waals surface area contributed by atoms with Crippen molar-refractivity contribution in [1.29, 1.82) is 0 Å². The van der Waals surface area contributed by atoms with Gasteiger partial charge >= 0.3 is 0 Å². The van der Waals surface area contributed by atoms with E-state index in [0.29, 0.717) is 0 Å². The second-order valence-corrected chi connectivity index (χ2v) is 5.41. The minimum Gasteiger partial charge on any atom is -0.309 e. The van der Waals surface area contributed by atoms with E-state index in [1.54, 1.807) is 0 Å². The first-order valence-corrected chi connectivity index (χ1v) is 7.25. The third-order valence-electron chi connectivity index (χ3n) is 3.17. The first-order chi connectivity index (χ1) is 9.04. The molecule has 0 aliphatic heterocycles. The maximum Gasteiger partial charge on any atom is 0.0832 e. The topological polar surface area (TPSA) is 42.7 Å². The molecule has 2 aromatic rings. The molecule has 0 saturated heterocycles. The average molecular weight is 323 g/mol. The standard InChI is InChI=1S/C14H19BrN4/c1-5-16-9(2)13-7-6-12(8-17-13)19-11(4)14(15)10(3)18-19/h6-9,16H,5H2,1-4H3. The fourth-order valence-electron chi connectivity index (χ4n) is 2.06. The summed E-state index contributed by atoms with van der Waals surface area (Å²) in [6.07, 6.45) is 1.87. The number of nitrogens with zero attached hydrogens (tertiary/aromatic N) is 3. The molecule has 102 valence electrons. The molecule has 0 amide bonds. The van der Waals surface area contributed by atoms with Gasteiger partial charge in [0, 0.05) is 6.04 Å². The van der Waals surface area contributed by atoms with E-state index < -0.39 is 0 Å². The molecule has 4 nitrogen and oxygen atoms in total. The number of aromatic nitrogens is 3. The molecule has 1 atom stereocenters. The Kier molecular flexibility index (Phi) is 4.37. The molecule has 0 bridgehead atoms. The largest absolute Gasteiger partial charge is 0.309 e. The molecule has 0 aliphatic carbocycles. The molecule has 0 saturated carbocycles. The summed E-state index contributed by atoms with van der Waals surface area (Å²) in [7, 11) is 0. The molecular weight excluding hydrogens is 304 g/mol. The van der Waals surface area contributed by atoms with Crippen LogP contribution in [-0.4, -0.2) is 21.3 Å². The monoisotopic (exact) mass is 322 g/mol. The van der Waals surface area contributed by atoms with Crippen LogP contribution in [0.5, 0.6) is 0 Å². The summed E-state index contributed by atoms with van der Waals surface area (Å²) < 4.78 is 2.96. The number of hydrogen-bond donors (Lipinski definition) is 1. The van der Waals surface area contributed by atoms with Crippen LogP contribution in [0.15, 0.2) is 22.8 Å². The van der Waals surface area contributed by atoms with Crippen molar-refractivity contribution < 1.29 is 0 Å². The summed E-state index contributed by atoms with van der Waals surface area (Å²) in [5.74, 6) is 0. The summed E-state index contributed by atoms with van der Waals surface area (Å²) in [5.41, 5.74) is 4.11. The maximum atomic E-state index is 4.52. The SMILES string of the molecule is CCNC(C)c1ccc(-n2nc(C)c(Br)c2C)cn1. The zero-order valence-electron chi connectivity index (χ0n) is 11.7. The Morgan fingerprint density at radius 2 is 2.11 bits per heavy atom. The Hall–Kier alpha value is -1.20. The van der Waals surface area contributed by atoms with Gasteiger partial charge in [0.05, 0.1) is 33.4 Å². The lowest BCUT2D eigenvalue weighted by molar-refractivity contribution is 0.583. The van der Waals surface area contributed by atoms with Gasteiger partial charge in [0.15, 0.2) is 0 Å². The second-order valence-electron chi connectivity index (χ2n) is 4.62. The van der Waals surface area contributed by atoms with E-state index in [9.17, 15) is 0 Å². The van der Waals surface area contributed by atoms with Crippen molar-refractivity contribution in [1.82, 2.24) is 20.1 Å². The Bertz CT molecular complexity index is 560. The summed E-state index contributed by atoms with van der Waals surface area (Å²) in [4.78, 5) is 4.52. The van der Waals surface area contributed by atoms with E-state index in [1.807, 2.05) is 30.8 Å². The minimum absolute atomic E-state index is 0.270. The number of hydrogen-bond acceptors (Lipinski definition) is 3. The Morgan fingerprint density at radius 3 is 2.58 bits per heavy atom. The van der Waals surface area contributed by atoms with Crippen LogP contribution in [-0.2, 0) is 0 Å². The number of aryl methyl sites for hydroxylation is 1. The lowest BCUT2D eigenvalue weighted by Gasteiger charge is -2.12. The van der Waals surface area contributed by atoms with Gasteiger partial charge in [-0.2, -0.15) is 5.10 Å². The van der Waals surface area contributed by atoms with E-state index in [0.717, 1.165) is 33.8 Å². The van der Waals surface area contributed by atoms with Crippen LogP contribution < -0.4 is 5.32 Å². The highest BCUT2D eigenvalue weighted by Gasteiger charge is 2.11. The fraction of sp³-hybridized carbons (Fsp3) is 0.429. The number of halogens is 1. The van der Waals surface area contributed by atoms with Gasteiger partial charge in [0.2, 0.25) is 0 Å². The van der Waals surface area contributed by atoms with Crippen molar-refractivity contribution in [2.75, 3.05) is 6.54 Å². The Labute approximate surface area is 122 Å². The number of rotatable bonds is 4. The molecule has 0 aromatic carbocycles. The van der Waals surface area contributed by atoms with Crippen molar-refractivity contribution in [2.45, 2.75) is 33.7 Å². The number of nitrogens with one attached hydrogen (secondary N) is 1. The molecule has 19 heavy (non-hydrogen) atoms. The highest BCUT2D eigenvalue weighted by molar-refractivity contribution is 9.10. The minimum atomic E-state index is 0.270. The van der Waals surface area contributed by atoms with E-state index in [4.69, 9.17) is 0 Å². The normalized spacial score (nSPS) is 12.7. The van der Waals surface area contributed by atoms with Crippen LogP contribution in [0.2, 0.25) is 0 Å². The Balaban J connectivity index is 2.30. The smallest absolute Gasteiger partial charge is 0.0832 e. The van der Waals surface area contributed by atoms with E-state index in [1.165, 1.54) is 0 Å². The molecule has 0 fully saturated rings. The van der Waals surface area contributed by atoms with Crippen LogP contribution in [0.25, 0.3) is 5.69 Å². The molecule has 2 aromatic heterocycles. The van der Waals surface area contributed by atoms with Gasteiger partial charge in [-0.15, -0.1) is 0 Å². The van der Waals surface area contributed by atoms with Gasteiger partial charge in [-0.1, -0.05) is 6.92 Å². The highest BCUT2D eigenvalue weighted by Crippen LogP contribution is 2.23. The van der Waals surface area contributed by atoms with Crippen LogP contribution in [0.4, 0.5) is 0 Å². The van der Waals surface area contributed by atoms with Crippen molar-refractivity contribution >= 4 is 15.9 Å². The second kappa shape index (κ2) is 5.84. The molecular formula is C14H19BrN4. The van der Waals surface area contributed by atoms with Crippen LogP contribution in [0, 0.1) is 13.8 Å². The van der Waals surface area contributed by atoms with E-state index in [2.05, 4.69) is 51.2 Å². The molecule has 2 rings (SSSR count). The van der Waals surface area contributed by atoms with Crippen LogP contribution in [0.1, 0.15) is 37.0 Å². The first-order valence-electron chi connectivity index (χ1n) is 6.46. The zero-order valence-corrected chi connectivity index (χ0v) is 13.3. The fourth-order valence-corrected chi connectivity index (χ4v) is 2.31. The van der Waals surface area contributed by atoms with E-state index >= 15 is 0 Å². The third kappa shape index (κ3) is 2.87. The lowest BCUT2D eigenvalue weighted by Crippen LogP contribution is -2.18. The summed E-state index contributed by atoms with van der Waals surface area (Å²) >= 11 is 3.54. The van der Waals surface area contributed by atoms with Crippen molar-refractivity contribution in [2.24, 2.45) is 0 Å². The third-order valence-corrected chi connectivity index (χ3v) is 4.32. The quantitative estimate of drug-likeness (QED) is 0.939. The van der Waals surface area contributed by atoms with Crippen molar-refractivity contribution in [3.8, 4) is 5.69 Å². The zero-order chi connectivity index (χ0) is 14.0. The molecule has 0 aliphatic rings. The summed E-state index contributed by atoms with van der Waals surface area (Å²) in [6, 6.07) is 4.38. The number of pyridine rings is 1. The van der Waals surface area contributed by atoms with Crippen LogP contribution >= 0.6 is 15.9 Å². The molecule has 1 unspecified atom stereocenters. The van der Waals surface area contributed by atoms with Crippen molar-refractivity contribution in [3.05, 3.63) is 39.9 Å². The predicted molar refractivity (Wildman–Crippen MR) is 80.6 cm³/mol. The Morgan fingerprint density at radius 1 is 1.37 bits per heavy atom. The molecule has 1 N–H and O–H groups in total. The summed E-state index contributed by atoms with van der Waals surface area (Å²) in [5, 5.41) is 7.86. The molecule has 0 radical (unpaired) electrons.